The van der Waals surface area contributed by atoms with E-state index in [-0.39, 0.29) is 83.2 Å². The topological polar surface area (TPSA) is 177 Å². The number of ether oxygens (including phenoxy) is 3. The Morgan fingerprint density at radius 3 is 1.21 bits per heavy atom. The highest BCUT2D eigenvalue weighted by Gasteiger charge is 2.73. The van der Waals surface area contributed by atoms with Crippen molar-refractivity contribution < 1.29 is 53.8 Å². The Balaban J connectivity index is 1.22. The number of hydrogen-bond acceptors (Lipinski definition) is 11. The first-order valence-corrected chi connectivity index (χ1v) is 28.6. The number of esters is 4. The number of aliphatic hydroxyl groups excluding tert-OH is 4. The summed E-state index contributed by atoms with van der Waals surface area (Å²) < 4.78 is 18.9. The second-order valence-corrected chi connectivity index (χ2v) is 27.4. The second kappa shape index (κ2) is 20.0. The summed E-state index contributed by atoms with van der Waals surface area (Å²) in [5.74, 6) is -2.69. The van der Waals surface area contributed by atoms with Crippen LogP contribution in [0.2, 0.25) is 0 Å². The molecule has 8 saturated carbocycles. The molecule has 3 unspecified atom stereocenters. The van der Waals surface area contributed by atoms with Crippen molar-refractivity contribution >= 4 is 23.9 Å². The number of aliphatic hydroxyl groups is 4. The molecule has 408 valence electrons. The normalized spacial score (nSPS) is 46.9. The fourth-order valence-corrected chi connectivity index (χ4v) is 19.8. The first-order chi connectivity index (χ1) is 34.0. The van der Waals surface area contributed by atoms with Crippen molar-refractivity contribution in [1.29, 1.82) is 0 Å². The summed E-state index contributed by atoms with van der Waals surface area (Å²) in [5.41, 5.74) is 1.74. The van der Waals surface area contributed by atoms with Crippen LogP contribution in [0.3, 0.4) is 0 Å². The van der Waals surface area contributed by atoms with E-state index in [0.717, 1.165) is 49.7 Å². The summed E-state index contributed by atoms with van der Waals surface area (Å²) in [4.78, 5) is 57.3. The number of carbonyl (C=O) groups is 4. The molecule has 8 fully saturated rings. The standard InChI is InChI=1S/C62H94O11/c1-33(2)17-15-19-39(51-43-29-47(67)53-57(9)25-23-45(65)35(5)41(57)21-27-59(53,11)61(43,13)31-49(51)71-37(7)63)55(69)73-56(70)40(20-16-18-34(3)4)52-44-30-48(68)54-58(10)26-24-46(66)36(6)42(58)22-28-60(54,12)62(44,14)32-50(52)72-38(8)64/h17-18,35-36,41-50,53-54,65-68H,15-16,19-32H2,1-14H3/t35-,36-,41?,42?,43+,44+,45+,46+,47+,48+,49-,50-,53+,54?,57-,58-,59-,60-,61-,62-/m0/s1. The second-order valence-electron chi connectivity index (χ2n) is 27.4. The first kappa shape index (κ1) is 56.1. The van der Waals surface area contributed by atoms with Crippen LogP contribution in [-0.2, 0) is 33.4 Å². The molecular weight excluding hydrogens is 921 g/mol. The van der Waals surface area contributed by atoms with Crippen LogP contribution in [0.15, 0.2) is 45.6 Å². The predicted molar refractivity (Wildman–Crippen MR) is 281 cm³/mol. The summed E-state index contributed by atoms with van der Waals surface area (Å²) in [5, 5.41) is 47.4. The van der Waals surface area contributed by atoms with Crippen LogP contribution in [0.25, 0.3) is 0 Å². The highest BCUT2D eigenvalue weighted by atomic mass is 16.6. The first-order valence-electron chi connectivity index (χ1n) is 28.6. The summed E-state index contributed by atoms with van der Waals surface area (Å²) in [6, 6.07) is 0. The van der Waals surface area contributed by atoms with Crippen molar-refractivity contribution in [2.45, 2.75) is 236 Å². The fraction of sp³-hybridized carbons (Fsp3) is 0.806. The molecule has 0 amide bonds. The van der Waals surface area contributed by atoms with E-state index in [9.17, 15) is 30.0 Å². The third-order valence-corrected chi connectivity index (χ3v) is 23.3. The Bertz CT molecular complexity index is 2160. The molecule has 0 spiro atoms. The smallest absolute Gasteiger partial charge is 0.342 e. The molecule has 0 aromatic heterocycles. The highest BCUT2D eigenvalue weighted by Crippen LogP contribution is 2.76. The Labute approximate surface area is 437 Å². The number of allylic oxidation sites excluding steroid dienone is 4. The molecule has 0 radical (unpaired) electrons. The molecule has 20 atom stereocenters. The van der Waals surface area contributed by atoms with E-state index in [1.165, 1.54) is 13.8 Å². The lowest BCUT2D eigenvalue weighted by atomic mass is 9.36. The highest BCUT2D eigenvalue weighted by molar-refractivity contribution is 6.03. The number of hydrogen-bond donors (Lipinski definition) is 4. The molecule has 11 heteroatoms. The zero-order chi connectivity index (χ0) is 53.7. The zero-order valence-electron chi connectivity index (χ0n) is 47.2. The number of fused-ring (bicyclic) bond motifs is 10. The molecule has 8 rings (SSSR count). The van der Waals surface area contributed by atoms with Gasteiger partial charge in [-0.25, -0.2) is 9.59 Å². The van der Waals surface area contributed by atoms with E-state index in [4.69, 9.17) is 14.2 Å². The Morgan fingerprint density at radius 2 is 0.877 bits per heavy atom. The molecular formula is C62H94O11. The van der Waals surface area contributed by atoms with Gasteiger partial charge in [0.05, 0.1) is 24.4 Å². The average Bonchev–Trinajstić information content (AvgIpc) is 3.72. The van der Waals surface area contributed by atoms with Crippen LogP contribution in [0.1, 0.15) is 200 Å². The SMILES string of the molecule is CC(=O)O[C@H]1C[C@@]2(C)[C@H](C[C@@H](O)C3[C@@]4(C)CC[C@@H](O)[C@@H](C)C4CC[C@@]32C)C1=C(CCC=C(C)C)C(=O)OC(=O)C(CCC=C(C)C)=C1[C@@H](OC(C)=O)C[C@@]2(C)[C@@H]1C[C@@H](O)[C@@H]1[C@@]3(C)CC[C@@H](O)[C@@H](C)C3CC[C@@]12C. The maximum Gasteiger partial charge on any atom is 0.342 e. The average molecular weight is 1020 g/mol. The lowest BCUT2D eigenvalue weighted by Crippen LogP contribution is -2.65. The Kier molecular flexibility index (Phi) is 15.4. The van der Waals surface area contributed by atoms with Gasteiger partial charge in [-0.05, 0) is 221 Å². The lowest BCUT2D eigenvalue weighted by molar-refractivity contribution is -0.234. The van der Waals surface area contributed by atoms with Crippen molar-refractivity contribution in [3.63, 3.8) is 0 Å². The van der Waals surface area contributed by atoms with Gasteiger partial charge in [-0.2, -0.15) is 0 Å². The van der Waals surface area contributed by atoms with E-state index in [0.29, 0.717) is 73.7 Å². The molecule has 0 heterocycles. The van der Waals surface area contributed by atoms with Gasteiger partial charge in [-0.15, -0.1) is 0 Å². The zero-order valence-corrected chi connectivity index (χ0v) is 47.2. The van der Waals surface area contributed by atoms with Crippen molar-refractivity contribution in [3.05, 3.63) is 45.6 Å². The number of carbonyl (C=O) groups excluding carboxylic acids is 4. The third-order valence-electron chi connectivity index (χ3n) is 23.3. The van der Waals surface area contributed by atoms with Gasteiger partial charge >= 0.3 is 23.9 Å². The summed E-state index contributed by atoms with van der Waals surface area (Å²) >= 11 is 0. The molecule has 0 aliphatic heterocycles. The summed E-state index contributed by atoms with van der Waals surface area (Å²) in [6.07, 6.45) is 9.84. The fourth-order valence-electron chi connectivity index (χ4n) is 19.8. The van der Waals surface area contributed by atoms with Gasteiger partial charge < -0.3 is 34.6 Å². The van der Waals surface area contributed by atoms with Gasteiger partial charge in [0.15, 0.2) is 0 Å². The third kappa shape index (κ3) is 9.01. The van der Waals surface area contributed by atoms with Crippen molar-refractivity contribution in [2.24, 2.45) is 79.8 Å². The van der Waals surface area contributed by atoms with E-state index in [1.807, 2.05) is 27.7 Å². The predicted octanol–water partition coefficient (Wildman–Crippen LogP) is 11.2. The molecule has 8 aliphatic carbocycles. The van der Waals surface area contributed by atoms with Crippen LogP contribution in [0, 0.1) is 79.8 Å². The van der Waals surface area contributed by atoms with Crippen LogP contribution in [-0.4, -0.2) is 80.9 Å². The van der Waals surface area contributed by atoms with Crippen LogP contribution >= 0.6 is 0 Å². The van der Waals surface area contributed by atoms with Gasteiger partial charge in [0.25, 0.3) is 0 Å². The Hall–Kier alpha value is -3.12. The van der Waals surface area contributed by atoms with E-state index < -0.39 is 70.0 Å². The molecule has 0 aromatic carbocycles. The lowest BCUT2D eigenvalue weighted by Gasteiger charge is -2.69. The van der Waals surface area contributed by atoms with Gasteiger partial charge in [0, 0.05) is 25.0 Å². The minimum Gasteiger partial charge on any atom is -0.458 e. The van der Waals surface area contributed by atoms with Gasteiger partial charge in [0.2, 0.25) is 0 Å². The largest absolute Gasteiger partial charge is 0.458 e. The van der Waals surface area contributed by atoms with Crippen LogP contribution in [0.4, 0.5) is 0 Å². The maximum atomic E-state index is 15.5. The summed E-state index contributed by atoms with van der Waals surface area (Å²) in [7, 11) is 0. The quantitative estimate of drug-likeness (QED) is 0.0538. The maximum absolute atomic E-state index is 15.5. The van der Waals surface area contributed by atoms with Crippen LogP contribution in [0.5, 0.6) is 0 Å². The summed E-state index contributed by atoms with van der Waals surface area (Å²) in [6.45, 7) is 28.9. The van der Waals surface area contributed by atoms with Crippen molar-refractivity contribution in [2.75, 3.05) is 0 Å². The van der Waals surface area contributed by atoms with Crippen molar-refractivity contribution in [3.8, 4) is 0 Å². The Morgan fingerprint density at radius 1 is 0.521 bits per heavy atom. The molecule has 8 aliphatic rings. The molecule has 4 N–H and O–H groups in total. The minimum absolute atomic E-state index is 0.0833. The molecule has 0 bridgehead atoms. The number of rotatable bonds is 10. The van der Waals surface area contributed by atoms with Gasteiger partial charge in [0.1, 0.15) is 12.2 Å². The molecule has 0 saturated heterocycles. The van der Waals surface area contributed by atoms with Gasteiger partial charge in [-0.1, -0.05) is 78.7 Å². The van der Waals surface area contributed by atoms with E-state index >= 15 is 9.59 Å². The molecule has 73 heavy (non-hydrogen) atoms. The van der Waals surface area contributed by atoms with E-state index in [1.54, 1.807) is 0 Å². The monoisotopic (exact) mass is 1010 g/mol. The molecule has 0 aromatic rings. The minimum atomic E-state index is -0.795. The van der Waals surface area contributed by atoms with Crippen molar-refractivity contribution in [1.82, 2.24) is 0 Å². The van der Waals surface area contributed by atoms with Gasteiger partial charge in [-0.3, -0.25) is 9.59 Å². The van der Waals surface area contributed by atoms with Crippen LogP contribution < -0.4 is 0 Å². The molecule has 11 nitrogen and oxygen atoms in total. The van der Waals surface area contributed by atoms with E-state index in [2.05, 4.69) is 67.5 Å².